The topological polar surface area (TPSA) is 99.2 Å². The number of carbonyl (C=O) groups is 2. The Morgan fingerprint density at radius 1 is 1.33 bits per heavy atom. The molecule has 0 radical (unpaired) electrons. The first kappa shape index (κ1) is 14.1. The lowest BCUT2D eigenvalue weighted by Crippen LogP contribution is -2.36. The fraction of sp³-hybridized carbons (Fsp3) is 0.636. The Balaban J connectivity index is 2.77. The van der Waals surface area contributed by atoms with E-state index in [0.29, 0.717) is 25.2 Å². The van der Waals surface area contributed by atoms with Gasteiger partial charge in [0.05, 0.1) is 0 Å². The van der Waals surface area contributed by atoms with E-state index in [0.717, 1.165) is 6.42 Å². The fourth-order valence-corrected chi connectivity index (χ4v) is 1.57. The molecule has 1 amide bonds. The first-order chi connectivity index (χ1) is 8.58. The number of H-pyrrole nitrogens is 1. The zero-order chi connectivity index (χ0) is 13.5. The number of nitrogens with one attached hydrogen (secondary N) is 1. The summed E-state index contributed by atoms with van der Waals surface area (Å²) in [4.78, 5) is 28.0. The lowest BCUT2D eigenvalue weighted by atomic mass is 10.3. The van der Waals surface area contributed by atoms with Gasteiger partial charge in [-0.15, -0.1) is 5.10 Å². The molecule has 0 aliphatic heterocycles. The Bertz CT molecular complexity index is 416. The third-order valence-corrected chi connectivity index (χ3v) is 2.32. The molecule has 1 heterocycles. The van der Waals surface area contributed by atoms with E-state index in [2.05, 4.69) is 15.2 Å². The molecule has 1 aromatic heterocycles. The Hall–Kier alpha value is -1.92. The molecule has 0 atom stereocenters. The van der Waals surface area contributed by atoms with Crippen LogP contribution in [0.5, 0.6) is 0 Å². The summed E-state index contributed by atoms with van der Waals surface area (Å²) in [7, 11) is 0. The summed E-state index contributed by atoms with van der Waals surface area (Å²) < 4.78 is 0. The van der Waals surface area contributed by atoms with Gasteiger partial charge in [0.2, 0.25) is 5.82 Å². The summed E-state index contributed by atoms with van der Waals surface area (Å²) in [5.41, 5.74) is 0. The second-order valence-electron chi connectivity index (χ2n) is 3.98. The van der Waals surface area contributed by atoms with E-state index in [9.17, 15) is 9.59 Å². The van der Waals surface area contributed by atoms with Gasteiger partial charge in [0, 0.05) is 13.0 Å². The molecule has 18 heavy (non-hydrogen) atoms. The lowest BCUT2D eigenvalue weighted by Gasteiger charge is -2.17. The molecule has 0 aliphatic carbocycles. The van der Waals surface area contributed by atoms with Gasteiger partial charge < -0.3 is 10.0 Å². The van der Waals surface area contributed by atoms with Crippen LogP contribution in [0.25, 0.3) is 0 Å². The van der Waals surface area contributed by atoms with Gasteiger partial charge in [-0.2, -0.15) is 0 Å². The van der Waals surface area contributed by atoms with Gasteiger partial charge >= 0.3 is 5.97 Å². The highest BCUT2D eigenvalue weighted by Crippen LogP contribution is 2.02. The smallest absolute Gasteiger partial charge is 0.323 e. The van der Waals surface area contributed by atoms with Crippen molar-refractivity contribution < 1.29 is 14.7 Å². The molecule has 1 rings (SSSR count). The molecule has 1 aromatic rings. The highest BCUT2D eigenvalue weighted by Gasteiger charge is 2.21. The van der Waals surface area contributed by atoms with Crippen molar-refractivity contribution in [2.24, 2.45) is 0 Å². The Kier molecular flexibility index (Phi) is 5.29. The lowest BCUT2D eigenvalue weighted by molar-refractivity contribution is -0.137. The zero-order valence-electron chi connectivity index (χ0n) is 10.6. The molecular formula is C11H18N4O3. The molecule has 7 heteroatoms. The monoisotopic (exact) mass is 254 g/mol. The average molecular weight is 254 g/mol. The van der Waals surface area contributed by atoms with E-state index >= 15 is 0 Å². The van der Waals surface area contributed by atoms with Crippen LogP contribution in [0.15, 0.2) is 0 Å². The van der Waals surface area contributed by atoms with Gasteiger partial charge in [0.25, 0.3) is 5.91 Å². The van der Waals surface area contributed by atoms with E-state index in [1.165, 1.54) is 4.90 Å². The van der Waals surface area contributed by atoms with Crippen LogP contribution >= 0.6 is 0 Å². The normalized spacial score (nSPS) is 10.3. The van der Waals surface area contributed by atoms with Crippen LogP contribution in [-0.2, 0) is 11.2 Å². The van der Waals surface area contributed by atoms with Gasteiger partial charge in [-0.25, -0.2) is 4.98 Å². The standard InChI is InChI=1S/C11H18N4O3/c1-3-5-8-12-10(14-13-8)11(18)15(6-4-2)7-9(16)17/h3-7H2,1-2H3,(H,16,17)(H,12,13,14). The van der Waals surface area contributed by atoms with Crippen molar-refractivity contribution in [3.05, 3.63) is 11.6 Å². The van der Waals surface area contributed by atoms with E-state index in [4.69, 9.17) is 5.11 Å². The van der Waals surface area contributed by atoms with Crippen LogP contribution in [0.1, 0.15) is 43.1 Å². The van der Waals surface area contributed by atoms with Crippen LogP contribution in [0.2, 0.25) is 0 Å². The van der Waals surface area contributed by atoms with Gasteiger partial charge in [0.1, 0.15) is 12.4 Å². The van der Waals surface area contributed by atoms with Crippen molar-refractivity contribution in [1.29, 1.82) is 0 Å². The maximum absolute atomic E-state index is 12.0. The SMILES string of the molecule is CCCc1nc(C(=O)N(CCC)CC(=O)O)n[nH]1. The Labute approximate surface area is 105 Å². The van der Waals surface area contributed by atoms with Crippen LogP contribution < -0.4 is 0 Å². The quantitative estimate of drug-likeness (QED) is 0.746. The second-order valence-corrected chi connectivity index (χ2v) is 3.98. The van der Waals surface area contributed by atoms with Crippen LogP contribution in [0.4, 0.5) is 0 Å². The largest absolute Gasteiger partial charge is 0.480 e. The minimum atomic E-state index is -1.04. The van der Waals surface area contributed by atoms with E-state index in [1.807, 2.05) is 13.8 Å². The van der Waals surface area contributed by atoms with Crippen LogP contribution in [-0.4, -0.2) is 50.2 Å². The van der Waals surface area contributed by atoms with Crippen molar-refractivity contribution >= 4 is 11.9 Å². The molecule has 0 spiro atoms. The number of rotatable bonds is 7. The predicted octanol–water partition coefficient (Wildman–Crippen LogP) is 0.694. The molecule has 0 aliphatic rings. The van der Waals surface area contributed by atoms with Crippen molar-refractivity contribution in [3.63, 3.8) is 0 Å². The molecule has 7 nitrogen and oxygen atoms in total. The molecular weight excluding hydrogens is 236 g/mol. The van der Waals surface area contributed by atoms with E-state index < -0.39 is 11.9 Å². The molecule has 100 valence electrons. The van der Waals surface area contributed by atoms with E-state index in [-0.39, 0.29) is 12.4 Å². The average Bonchev–Trinajstić information content (AvgIpc) is 2.76. The van der Waals surface area contributed by atoms with Gasteiger partial charge in [-0.1, -0.05) is 13.8 Å². The number of aromatic nitrogens is 3. The van der Waals surface area contributed by atoms with Gasteiger partial charge in [-0.05, 0) is 12.8 Å². The van der Waals surface area contributed by atoms with Crippen molar-refractivity contribution in [1.82, 2.24) is 20.1 Å². The van der Waals surface area contributed by atoms with Gasteiger partial charge in [-0.3, -0.25) is 14.7 Å². The second kappa shape index (κ2) is 6.73. The summed E-state index contributed by atoms with van der Waals surface area (Å²) in [6, 6.07) is 0. The Morgan fingerprint density at radius 3 is 2.61 bits per heavy atom. The molecule has 2 N–H and O–H groups in total. The molecule has 0 fully saturated rings. The maximum atomic E-state index is 12.0. The maximum Gasteiger partial charge on any atom is 0.323 e. The third kappa shape index (κ3) is 3.83. The number of nitrogens with zero attached hydrogens (tertiary/aromatic N) is 3. The summed E-state index contributed by atoms with van der Waals surface area (Å²) in [5.74, 6) is -0.806. The van der Waals surface area contributed by atoms with Crippen molar-refractivity contribution in [3.8, 4) is 0 Å². The molecule has 0 unspecified atom stereocenters. The first-order valence-corrected chi connectivity index (χ1v) is 6.00. The number of aliphatic carboxylic acids is 1. The number of hydrogen-bond donors (Lipinski definition) is 2. The third-order valence-electron chi connectivity index (χ3n) is 2.32. The number of hydrogen-bond acceptors (Lipinski definition) is 4. The number of carbonyl (C=O) groups excluding carboxylic acids is 1. The number of carboxylic acids is 1. The van der Waals surface area contributed by atoms with Crippen molar-refractivity contribution in [2.45, 2.75) is 33.1 Å². The van der Waals surface area contributed by atoms with Gasteiger partial charge in [0.15, 0.2) is 0 Å². The zero-order valence-corrected chi connectivity index (χ0v) is 10.6. The summed E-state index contributed by atoms with van der Waals surface area (Å²) in [6.07, 6.45) is 2.30. The highest BCUT2D eigenvalue weighted by molar-refractivity contribution is 5.92. The summed E-state index contributed by atoms with van der Waals surface area (Å²) in [5, 5.41) is 15.3. The predicted molar refractivity (Wildman–Crippen MR) is 64.2 cm³/mol. The minimum Gasteiger partial charge on any atom is -0.480 e. The molecule has 0 aromatic carbocycles. The van der Waals surface area contributed by atoms with Crippen LogP contribution in [0, 0.1) is 0 Å². The molecule has 0 saturated heterocycles. The van der Waals surface area contributed by atoms with Crippen LogP contribution in [0.3, 0.4) is 0 Å². The fourth-order valence-electron chi connectivity index (χ4n) is 1.57. The number of aromatic amines is 1. The highest BCUT2D eigenvalue weighted by atomic mass is 16.4. The Morgan fingerprint density at radius 2 is 2.06 bits per heavy atom. The summed E-state index contributed by atoms with van der Waals surface area (Å²) in [6.45, 7) is 3.92. The first-order valence-electron chi connectivity index (χ1n) is 6.00. The number of aryl methyl sites for hydroxylation is 1. The molecule has 0 bridgehead atoms. The number of amides is 1. The number of carboxylic acid groups (broad SMARTS) is 1. The summed E-state index contributed by atoms with van der Waals surface area (Å²) >= 11 is 0. The molecule has 0 saturated carbocycles. The minimum absolute atomic E-state index is 0.0353. The van der Waals surface area contributed by atoms with Crippen molar-refractivity contribution in [2.75, 3.05) is 13.1 Å². The van der Waals surface area contributed by atoms with E-state index in [1.54, 1.807) is 0 Å².